The molecule has 0 aliphatic heterocycles. The molecule has 1 rings (SSSR count). The van der Waals surface area contributed by atoms with Gasteiger partial charge in [-0.2, -0.15) is 0 Å². The third-order valence-corrected chi connectivity index (χ3v) is 2.07. The lowest BCUT2D eigenvalue weighted by Gasteiger charge is -2.26. The largest absolute Gasteiger partial charge is 0.295 e. The summed E-state index contributed by atoms with van der Waals surface area (Å²) in [6.45, 7) is 6.05. The predicted molar refractivity (Wildman–Crippen MR) is 50.9 cm³/mol. The van der Waals surface area contributed by atoms with E-state index in [-0.39, 0.29) is 5.78 Å². The summed E-state index contributed by atoms with van der Waals surface area (Å²) in [4.78, 5) is 10.8. The lowest BCUT2D eigenvalue weighted by atomic mass is 9.78. The highest BCUT2D eigenvalue weighted by atomic mass is 16.1. The van der Waals surface area contributed by atoms with E-state index in [1.807, 2.05) is 0 Å². The van der Waals surface area contributed by atoms with Crippen LogP contribution in [0.1, 0.15) is 33.6 Å². The molecule has 0 unspecified atom stereocenters. The van der Waals surface area contributed by atoms with Crippen LogP contribution in [0.2, 0.25) is 0 Å². The standard InChI is InChI=1S/C11H16O/c1-9(12)7-10-5-4-6-11(2,3)8-10/h4-5,7H,6,8H2,1-3H3/b10-7+. The maximum atomic E-state index is 10.8. The molecular formula is C11H16O. The number of rotatable bonds is 1. The Labute approximate surface area is 74.2 Å². The fourth-order valence-corrected chi connectivity index (χ4v) is 1.57. The monoisotopic (exact) mass is 164 g/mol. The average molecular weight is 164 g/mol. The minimum Gasteiger partial charge on any atom is -0.295 e. The van der Waals surface area contributed by atoms with Crippen molar-refractivity contribution in [3.05, 3.63) is 23.8 Å². The summed E-state index contributed by atoms with van der Waals surface area (Å²) >= 11 is 0. The summed E-state index contributed by atoms with van der Waals surface area (Å²) in [5.41, 5.74) is 1.49. The van der Waals surface area contributed by atoms with Gasteiger partial charge in [0.1, 0.15) is 0 Å². The summed E-state index contributed by atoms with van der Waals surface area (Å²) in [7, 11) is 0. The minimum absolute atomic E-state index is 0.146. The van der Waals surface area contributed by atoms with Crippen LogP contribution in [0.5, 0.6) is 0 Å². The highest BCUT2D eigenvalue weighted by Crippen LogP contribution is 2.33. The summed E-state index contributed by atoms with van der Waals surface area (Å²) < 4.78 is 0. The Morgan fingerprint density at radius 3 is 2.75 bits per heavy atom. The molecule has 66 valence electrons. The number of carbonyl (C=O) groups is 1. The molecule has 0 saturated carbocycles. The van der Waals surface area contributed by atoms with Crippen LogP contribution in [-0.2, 0) is 4.79 Å². The van der Waals surface area contributed by atoms with Crippen LogP contribution in [0.3, 0.4) is 0 Å². The quantitative estimate of drug-likeness (QED) is 0.545. The first-order valence-electron chi connectivity index (χ1n) is 4.37. The van der Waals surface area contributed by atoms with Crippen molar-refractivity contribution in [2.24, 2.45) is 5.41 Å². The lowest BCUT2D eigenvalue weighted by molar-refractivity contribution is -0.112. The van der Waals surface area contributed by atoms with Gasteiger partial charge >= 0.3 is 0 Å². The van der Waals surface area contributed by atoms with E-state index in [0.717, 1.165) is 12.8 Å². The molecule has 0 amide bonds. The van der Waals surface area contributed by atoms with Crippen LogP contribution in [0, 0.1) is 5.41 Å². The van der Waals surface area contributed by atoms with Crippen LogP contribution < -0.4 is 0 Å². The molecule has 1 aliphatic rings. The number of hydrogen-bond donors (Lipinski definition) is 0. The van der Waals surface area contributed by atoms with E-state index >= 15 is 0 Å². The third kappa shape index (κ3) is 2.65. The van der Waals surface area contributed by atoms with E-state index in [4.69, 9.17) is 0 Å². The van der Waals surface area contributed by atoms with Crippen LogP contribution >= 0.6 is 0 Å². The van der Waals surface area contributed by atoms with Gasteiger partial charge in [0.25, 0.3) is 0 Å². The molecule has 0 atom stereocenters. The van der Waals surface area contributed by atoms with Crippen LogP contribution in [0.15, 0.2) is 23.8 Å². The maximum absolute atomic E-state index is 10.8. The zero-order valence-electron chi connectivity index (χ0n) is 8.05. The van der Waals surface area contributed by atoms with E-state index < -0.39 is 0 Å². The Hall–Kier alpha value is -0.850. The molecule has 1 aliphatic carbocycles. The molecule has 0 bridgehead atoms. The molecule has 0 heterocycles. The van der Waals surface area contributed by atoms with Crippen molar-refractivity contribution >= 4 is 5.78 Å². The van der Waals surface area contributed by atoms with Crippen molar-refractivity contribution in [3.63, 3.8) is 0 Å². The number of ketones is 1. The second-order valence-corrected chi connectivity index (χ2v) is 4.28. The second-order valence-electron chi connectivity index (χ2n) is 4.28. The molecule has 0 fully saturated rings. The molecule has 0 saturated heterocycles. The van der Waals surface area contributed by atoms with Crippen LogP contribution in [0.25, 0.3) is 0 Å². The lowest BCUT2D eigenvalue weighted by Crippen LogP contribution is -2.14. The van der Waals surface area contributed by atoms with E-state index in [0.29, 0.717) is 5.41 Å². The topological polar surface area (TPSA) is 17.1 Å². The smallest absolute Gasteiger partial charge is 0.152 e. The van der Waals surface area contributed by atoms with E-state index in [2.05, 4.69) is 26.0 Å². The number of allylic oxidation sites excluding steroid dienone is 4. The first kappa shape index (κ1) is 9.24. The van der Waals surface area contributed by atoms with Gasteiger partial charge in [0.15, 0.2) is 5.78 Å². The predicted octanol–water partition coefficient (Wildman–Crippen LogP) is 2.88. The average Bonchev–Trinajstić information content (AvgIpc) is 1.82. The SMILES string of the molecule is CC(=O)/C=C1\C=CCC(C)(C)C1. The summed E-state index contributed by atoms with van der Waals surface area (Å²) in [5, 5.41) is 0. The van der Waals surface area contributed by atoms with Gasteiger partial charge in [0, 0.05) is 0 Å². The molecule has 0 spiro atoms. The van der Waals surface area contributed by atoms with Gasteiger partial charge in [-0.3, -0.25) is 4.79 Å². The maximum Gasteiger partial charge on any atom is 0.152 e. The first-order valence-corrected chi connectivity index (χ1v) is 4.37. The van der Waals surface area contributed by atoms with Gasteiger partial charge in [0.05, 0.1) is 0 Å². The molecule has 0 aromatic rings. The van der Waals surface area contributed by atoms with Gasteiger partial charge in [-0.15, -0.1) is 0 Å². The minimum atomic E-state index is 0.146. The normalized spacial score (nSPS) is 24.4. The van der Waals surface area contributed by atoms with Crippen molar-refractivity contribution in [1.82, 2.24) is 0 Å². The Balaban J connectivity index is 2.77. The Morgan fingerprint density at radius 2 is 2.25 bits per heavy atom. The van der Waals surface area contributed by atoms with Gasteiger partial charge in [0.2, 0.25) is 0 Å². The Bertz CT molecular complexity index is 244. The molecule has 1 heteroatoms. The van der Waals surface area contributed by atoms with Gasteiger partial charge in [-0.1, -0.05) is 26.0 Å². The zero-order valence-corrected chi connectivity index (χ0v) is 8.05. The first-order chi connectivity index (χ1) is 5.49. The molecule has 0 N–H and O–H groups in total. The van der Waals surface area contributed by atoms with Crippen LogP contribution in [-0.4, -0.2) is 5.78 Å². The number of carbonyl (C=O) groups excluding carboxylic acids is 1. The Morgan fingerprint density at radius 1 is 1.58 bits per heavy atom. The molecular weight excluding hydrogens is 148 g/mol. The summed E-state index contributed by atoms with van der Waals surface area (Å²) in [6.07, 6.45) is 8.08. The van der Waals surface area contributed by atoms with Crippen molar-refractivity contribution in [2.45, 2.75) is 33.6 Å². The highest BCUT2D eigenvalue weighted by molar-refractivity contribution is 5.88. The third-order valence-electron chi connectivity index (χ3n) is 2.07. The molecule has 12 heavy (non-hydrogen) atoms. The van der Waals surface area contributed by atoms with Gasteiger partial charge in [-0.05, 0) is 36.8 Å². The van der Waals surface area contributed by atoms with Crippen molar-refractivity contribution in [3.8, 4) is 0 Å². The van der Waals surface area contributed by atoms with E-state index in [1.165, 1.54) is 5.57 Å². The fourth-order valence-electron chi connectivity index (χ4n) is 1.57. The summed E-state index contributed by atoms with van der Waals surface area (Å²) in [5.74, 6) is 0.146. The van der Waals surface area contributed by atoms with Gasteiger partial charge in [-0.25, -0.2) is 0 Å². The van der Waals surface area contributed by atoms with Gasteiger partial charge < -0.3 is 0 Å². The van der Waals surface area contributed by atoms with Crippen LogP contribution in [0.4, 0.5) is 0 Å². The molecule has 0 radical (unpaired) electrons. The van der Waals surface area contributed by atoms with Crippen molar-refractivity contribution in [1.29, 1.82) is 0 Å². The Kier molecular flexibility index (Phi) is 2.51. The van der Waals surface area contributed by atoms with E-state index in [9.17, 15) is 4.79 Å². The highest BCUT2D eigenvalue weighted by Gasteiger charge is 2.20. The zero-order chi connectivity index (χ0) is 9.19. The molecule has 0 aromatic carbocycles. The number of hydrogen-bond acceptors (Lipinski definition) is 1. The second kappa shape index (κ2) is 3.26. The van der Waals surface area contributed by atoms with E-state index in [1.54, 1.807) is 13.0 Å². The van der Waals surface area contributed by atoms with Crippen molar-refractivity contribution < 1.29 is 4.79 Å². The molecule has 0 aromatic heterocycles. The fraction of sp³-hybridized carbons (Fsp3) is 0.545. The van der Waals surface area contributed by atoms with Crippen molar-refractivity contribution in [2.75, 3.05) is 0 Å². The molecule has 1 nitrogen and oxygen atoms in total. The summed E-state index contributed by atoms with van der Waals surface area (Å²) in [6, 6.07) is 0.